The highest BCUT2D eigenvalue weighted by molar-refractivity contribution is 4.90. The number of hydrogen-bond donors (Lipinski definition) is 1. The monoisotopic (exact) mass is 198 g/mol. The third-order valence-electron chi connectivity index (χ3n) is 1.63. The molecule has 0 fully saturated rings. The van der Waals surface area contributed by atoms with E-state index in [-0.39, 0.29) is 11.6 Å². The zero-order chi connectivity index (χ0) is 11.2. The molecular formula is C11H22N2O. The summed E-state index contributed by atoms with van der Waals surface area (Å²) >= 11 is 0. The van der Waals surface area contributed by atoms with Gasteiger partial charge >= 0.3 is 0 Å². The van der Waals surface area contributed by atoms with Gasteiger partial charge in [0.25, 0.3) is 0 Å². The molecule has 1 N–H and O–H groups in total. The molecule has 0 heterocycles. The molecule has 3 heteroatoms. The predicted molar refractivity (Wildman–Crippen MR) is 58.0 cm³/mol. The lowest BCUT2D eigenvalue weighted by Gasteiger charge is -2.21. The van der Waals surface area contributed by atoms with E-state index < -0.39 is 0 Å². The normalized spacial score (nSPS) is 14.1. The Bertz CT molecular complexity index is 188. The van der Waals surface area contributed by atoms with Crippen LogP contribution in [0.5, 0.6) is 0 Å². The van der Waals surface area contributed by atoms with E-state index in [9.17, 15) is 0 Å². The van der Waals surface area contributed by atoms with Crippen molar-refractivity contribution in [3.63, 3.8) is 0 Å². The zero-order valence-electron chi connectivity index (χ0n) is 9.92. The largest absolute Gasteiger partial charge is 0.376 e. The highest BCUT2D eigenvalue weighted by Crippen LogP contribution is 2.07. The quantitative estimate of drug-likeness (QED) is 0.735. The van der Waals surface area contributed by atoms with Crippen molar-refractivity contribution in [2.24, 2.45) is 0 Å². The molecule has 0 aliphatic rings. The third kappa shape index (κ3) is 8.03. The van der Waals surface area contributed by atoms with Crippen molar-refractivity contribution in [1.82, 2.24) is 5.32 Å². The molecule has 0 radical (unpaired) electrons. The van der Waals surface area contributed by atoms with Crippen molar-refractivity contribution in [1.29, 1.82) is 5.26 Å². The summed E-state index contributed by atoms with van der Waals surface area (Å²) < 4.78 is 5.55. The lowest BCUT2D eigenvalue weighted by molar-refractivity contribution is -0.00572. The van der Waals surface area contributed by atoms with Gasteiger partial charge < -0.3 is 4.74 Å². The average molecular weight is 198 g/mol. The van der Waals surface area contributed by atoms with Gasteiger partial charge in [-0.05, 0) is 41.0 Å². The Labute approximate surface area is 87.4 Å². The molecule has 0 aliphatic carbocycles. The minimum absolute atomic E-state index is 0.0997. The average Bonchev–Trinajstić information content (AvgIpc) is 1.99. The third-order valence-corrected chi connectivity index (χ3v) is 1.63. The summed E-state index contributed by atoms with van der Waals surface area (Å²) in [7, 11) is 0. The minimum Gasteiger partial charge on any atom is -0.376 e. The van der Waals surface area contributed by atoms with Gasteiger partial charge in [-0.15, -0.1) is 0 Å². The Balaban J connectivity index is 3.70. The van der Waals surface area contributed by atoms with Crippen molar-refractivity contribution in [3.05, 3.63) is 0 Å². The number of rotatable bonds is 5. The van der Waals surface area contributed by atoms with E-state index >= 15 is 0 Å². The Morgan fingerprint density at radius 3 is 2.29 bits per heavy atom. The van der Waals surface area contributed by atoms with Crippen LogP contribution in [0.1, 0.15) is 41.0 Å². The molecule has 0 rings (SSSR count). The van der Waals surface area contributed by atoms with Crippen LogP contribution in [-0.2, 0) is 4.74 Å². The Morgan fingerprint density at radius 1 is 1.36 bits per heavy atom. The fraction of sp³-hybridized carbons (Fsp3) is 0.909. The Hall–Kier alpha value is -0.590. The van der Waals surface area contributed by atoms with E-state index in [1.54, 1.807) is 0 Å². The van der Waals surface area contributed by atoms with Gasteiger partial charge in [-0.2, -0.15) is 5.26 Å². The van der Waals surface area contributed by atoms with Crippen LogP contribution in [0.25, 0.3) is 0 Å². The van der Waals surface area contributed by atoms with Crippen LogP contribution in [0.3, 0.4) is 0 Å². The first-order valence-electron chi connectivity index (χ1n) is 5.15. The molecule has 0 aromatic heterocycles. The number of nitrogens with one attached hydrogen (secondary N) is 1. The number of ether oxygens (including phenoxy) is 1. The zero-order valence-corrected chi connectivity index (χ0v) is 9.92. The second-order valence-corrected chi connectivity index (χ2v) is 4.75. The number of hydrogen-bond acceptors (Lipinski definition) is 3. The first-order valence-corrected chi connectivity index (χ1v) is 5.15. The molecule has 1 atom stereocenters. The van der Waals surface area contributed by atoms with E-state index in [1.165, 1.54) is 0 Å². The lowest BCUT2D eigenvalue weighted by Crippen LogP contribution is -2.35. The lowest BCUT2D eigenvalue weighted by atomic mass is 10.2. The van der Waals surface area contributed by atoms with Crippen LogP contribution in [0.2, 0.25) is 0 Å². The van der Waals surface area contributed by atoms with E-state index in [4.69, 9.17) is 10.00 Å². The van der Waals surface area contributed by atoms with E-state index in [0.29, 0.717) is 12.6 Å². The van der Waals surface area contributed by atoms with Crippen LogP contribution < -0.4 is 5.32 Å². The molecule has 82 valence electrons. The van der Waals surface area contributed by atoms with Gasteiger partial charge in [0.2, 0.25) is 0 Å². The maximum absolute atomic E-state index is 8.84. The summed E-state index contributed by atoms with van der Waals surface area (Å²) in [5.74, 6) is 0. The molecule has 0 aromatic rings. The molecule has 0 bridgehead atoms. The summed E-state index contributed by atoms with van der Waals surface area (Å²) in [6.45, 7) is 10.8. The minimum atomic E-state index is -0.113. The van der Waals surface area contributed by atoms with Gasteiger partial charge in [0.05, 0.1) is 17.7 Å². The van der Waals surface area contributed by atoms with Crippen molar-refractivity contribution < 1.29 is 4.74 Å². The molecule has 14 heavy (non-hydrogen) atoms. The van der Waals surface area contributed by atoms with Crippen LogP contribution in [-0.4, -0.2) is 24.3 Å². The molecule has 0 aromatic carbocycles. The molecular weight excluding hydrogens is 176 g/mol. The molecule has 1 unspecified atom stereocenters. The summed E-state index contributed by atoms with van der Waals surface area (Å²) in [4.78, 5) is 0. The highest BCUT2D eigenvalue weighted by Gasteiger charge is 2.13. The maximum atomic E-state index is 8.84. The standard InChI is InChI=1S/C11H22N2O/c1-9(2)13-10(8-12)6-7-14-11(3,4)5/h9-10,13H,6-7H2,1-5H3. The maximum Gasteiger partial charge on any atom is 0.0976 e. The first-order chi connectivity index (χ1) is 6.35. The van der Waals surface area contributed by atoms with E-state index in [0.717, 1.165) is 6.42 Å². The highest BCUT2D eigenvalue weighted by atomic mass is 16.5. The first kappa shape index (κ1) is 13.4. The second-order valence-electron chi connectivity index (χ2n) is 4.75. The van der Waals surface area contributed by atoms with Gasteiger partial charge in [-0.1, -0.05) is 0 Å². The van der Waals surface area contributed by atoms with Crippen molar-refractivity contribution in [2.75, 3.05) is 6.61 Å². The molecule has 0 amide bonds. The second kappa shape index (κ2) is 6.00. The summed E-state index contributed by atoms with van der Waals surface area (Å²) in [6, 6.07) is 2.47. The van der Waals surface area contributed by atoms with Gasteiger partial charge in [0.15, 0.2) is 0 Å². The van der Waals surface area contributed by atoms with Crippen LogP contribution in [0.4, 0.5) is 0 Å². The van der Waals surface area contributed by atoms with E-state index in [2.05, 4.69) is 11.4 Å². The Kier molecular flexibility index (Phi) is 5.75. The topological polar surface area (TPSA) is 45.0 Å². The molecule has 0 saturated heterocycles. The van der Waals surface area contributed by atoms with Crippen LogP contribution >= 0.6 is 0 Å². The van der Waals surface area contributed by atoms with Crippen molar-refractivity contribution in [3.8, 4) is 6.07 Å². The van der Waals surface area contributed by atoms with Gasteiger partial charge in [0.1, 0.15) is 0 Å². The van der Waals surface area contributed by atoms with Gasteiger partial charge in [-0.3, -0.25) is 5.32 Å². The van der Waals surface area contributed by atoms with E-state index in [1.807, 2.05) is 34.6 Å². The van der Waals surface area contributed by atoms with Crippen LogP contribution in [0.15, 0.2) is 0 Å². The molecule has 0 aliphatic heterocycles. The van der Waals surface area contributed by atoms with Gasteiger partial charge in [0, 0.05) is 12.6 Å². The molecule has 0 spiro atoms. The predicted octanol–water partition coefficient (Wildman–Crippen LogP) is 2.08. The summed E-state index contributed by atoms with van der Waals surface area (Å²) in [5.41, 5.74) is -0.113. The summed E-state index contributed by atoms with van der Waals surface area (Å²) in [6.07, 6.45) is 0.742. The van der Waals surface area contributed by atoms with Crippen molar-refractivity contribution in [2.45, 2.75) is 58.7 Å². The summed E-state index contributed by atoms with van der Waals surface area (Å²) in [5, 5.41) is 12.0. The SMILES string of the molecule is CC(C)NC(C#N)CCOC(C)(C)C. The van der Waals surface area contributed by atoms with Crippen LogP contribution in [0, 0.1) is 11.3 Å². The fourth-order valence-electron chi connectivity index (χ4n) is 1.07. The fourth-order valence-corrected chi connectivity index (χ4v) is 1.07. The molecule has 3 nitrogen and oxygen atoms in total. The smallest absolute Gasteiger partial charge is 0.0976 e. The number of nitriles is 1. The van der Waals surface area contributed by atoms with Crippen molar-refractivity contribution >= 4 is 0 Å². The number of nitrogens with zero attached hydrogens (tertiary/aromatic N) is 1. The Morgan fingerprint density at radius 2 is 1.93 bits per heavy atom. The van der Waals surface area contributed by atoms with Gasteiger partial charge in [-0.25, -0.2) is 0 Å². The molecule has 0 saturated carbocycles.